The molecule has 1 rings (SSSR count). The first-order valence-corrected chi connectivity index (χ1v) is 3.90. The van der Waals surface area contributed by atoms with E-state index in [4.69, 9.17) is 10.5 Å². The molecule has 0 radical (unpaired) electrons. The summed E-state index contributed by atoms with van der Waals surface area (Å²) >= 11 is 0. The fourth-order valence-electron chi connectivity index (χ4n) is 1.22. The Hall–Kier alpha value is -0.700. The van der Waals surface area contributed by atoms with Crippen molar-refractivity contribution in [3.8, 4) is 0 Å². The molecule has 1 aliphatic carbocycles. The van der Waals surface area contributed by atoms with Gasteiger partial charge >= 0.3 is 5.97 Å². The van der Waals surface area contributed by atoms with Gasteiger partial charge in [0.15, 0.2) is 0 Å². The standard InChI is InChI=1S/C8H13NO2.ClH/c1-2-11-8(10)6-4-3-5-7(6)9;/h2-5,9H2,1H3;1H. The number of ether oxygens (including phenoxy) is 1. The predicted molar refractivity (Wildman–Crippen MR) is 48.9 cm³/mol. The maximum atomic E-state index is 11.1. The molecule has 1 aliphatic rings. The van der Waals surface area contributed by atoms with Gasteiger partial charge in [-0.3, -0.25) is 0 Å². The molecule has 0 aliphatic heterocycles. The molecule has 0 saturated heterocycles. The van der Waals surface area contributed by atoms with Crippen LogP contribution >= 0.6 is 12.4 Å². The van der Waals surface area contributed by atoms with E-state index in [2.05, 4.69) is 0 Å². The summed E-state index contributed by atoms with van der Waals surface area (Å²) in [6, 6.07) is 0. The number of carbonyl (C=O) groups is 1. The van der Waals surface area contributed by atoms with Crippen molar-refractivity contribution in [2.75, 3.05) is 6.61 Å². The van der Waals surface area contributed by atoms with Gasteiger partial charge < -0.3 is 10.5 Å². The van der Waals surface area contributed by atoms with Crippen LogP contribution in [-0.2, 0) is 9.53 Å². The minimum absolute atomic E-state index is 0. The summed E-state index contributed by atoms with van der Waals surface area (Å²) in [6.07, 6.45) is 2.61. The van der Waals surface area contributed by atoms with Gasteiger partial charge in [0.1, 0.15) is 0 Å². The van der Waals surface area contributed by atoms with Crippen LogP contribution in [0.4, 0.5) is 0 Å². The summed E-state index contributed by atoms with van der Waals surface area (Å²) in [5, 5.41) is 0. The molecule has 0 aromatic heterocycles. The molecule has 4 heteroatoms. The van der Waals surface area contributed by atoms with Gasteiger partial charge in [0.05, 0.1) is 12.2 Å². The normalized spacial score (nSPS) is 15.8. The lowest BCUT2D eigenvalue weighted by atomic mass is 10.2. The number of hydrogen-bond acceptors (Lipinski definition) is 3. The lowest BCUT2D eigenvalue weighted by Crippen LogP contribution is -2.10. The van der Waals surface area contributed by atoms with E-state index in [0.717, 1.165) is 19.3 Å². The fraction of sp³-hybridized carbons (Fsp3) is 0.625. The quantitative estimate of drug-likeness (QED) is 0.671. The van der Waals surface area contributed by atoms with Crippen LogP contribution in [0, 0.1) is 0 Å². The first-order valence-electron chi connectivity index (χ1n) is 3.90. The number of carbonyl (C=O) groups excluding carboxylic acids is 1. The average Bonchev–Trinajstić information content (AvgIpc) is 2.36. The Labute approximate surface area is 78.4 Å². The van der Waals surface area contributed by atoms with Crippen molar-refractivity contribution in [1.82, 2.24) is 0 Å². The maximum Gasteiger partial charge on any atom is 0.335 e. The summed E-state index contributed by atoms with van der Waals surface area (Å²) in [5.74, 6) is -0.234. The third kappa shape index (κ3) is 2.41. The second-order valence-corrected chi connectivity index (χ2v) is 2.58. The molecule has 0 bridgehead atoms. The Bertz CT molecular complexity index is 201. The molecule has 0 fully saturated rings. The first-order chi connectivity index (χ1) is 5.25. The van der Waals surface area contributed by atoms with Crippen LogP contribution in [0.1, 0.15) is 26.2 Å². The van der Waals surface area contributed by atoms with Gasteiger partial charge in [0, 0.05) is 5.70 Å². The molecule has 70 valence electrons. The molecule has 0 heterocycles. The third-order valence-corrected chi connectivity index (χ3v) is 1.78. The van der Waals surface area contributed by atoms with Crippen molar-refractivity contribution in [2.45, 2.75) is 26.2 Å². The molecular formula is C8H14ClNO2. The van der Waals surface area contributed by atoms with E-state index in [1.807, 2.05) is 0 Å². The van der Waals surface area contributed by atoms with Crippen LogP contribution in [0.5, 0.6) is 0 Å². The lowest BCUT2D eigenvalue weighted by molar-refractivity contribution is -0.138. The van der Waals surface area contributed by atoms with E-state index >= 15 is 0 Å². The zero-order valence-corrected chi connectivity index (χ0v) is 7.95. The highest BCUT2D eigenvalue weighted by Gasteiger charge is 2.19. The van der Waals surface area contributed by atoms with Crippen LogP contribution in [-0.4, -0.2) is 12.6 Å². The van der Waals surface area contributed by atoms with Crippen LogP contribution in [0.15, 0.2) is 11.3 Å². The van der Waals surface area contributed by atoms with Crippen LogP contribution in [0.3, 0.4) is 0 Å². The van der Waals surface area contributed by atoms with Crippen LogP contribution < -0.4 is 5.73 Å². The lowest BCUT2D eigenvalue weighted by Gasteiger charge is -2.02. The second kappa shape index (κ2) is 5.04. The topological polar surface area (TPSA) is 52.3 Å². The molecule has 0 atom stereocenters. The summed E-state index contributed by atoms with van der Waals surface area (Å²) < 4.78 is 4.82. The summed E-state index contributed by atoms with van der Waals surface area (Å²) in [7, 11) is 0. The van der Waals surface area contributed by atoms with Crippen molar-refractivity contribution >= 4 is 18.4 Å². The number of rotatable bonds is 2. The molecule has 0 aromatic rings. The highest BCUT2D eigenvalue weighted by molar-refractivity contribution is 5.89. The number of hydrogen-bond donors (Lipinski definition) is 1. The largest absolute Gasteiger partial charge is 0.463 e. The fourth-order valence-corrected chi connectivity index (χ4v) is 1.22. The van der Waals surface area contributed by atoms with E-state index in [1.54, 1.807) is 6.92 Å². The predicted octanol–water partition coefficient (Wildman–Crippen LogP) is 1.37. The van der Waals surface area contributed by atoms with Crippen molar-refractivity contribution in [3.05, 3.63) is 11.3 Å². The van der Waals surface area contributed by atoms with Crippen molar-refractivity contribution in [2.24, 2.45) is 5.73 Å². The zero-order valence-electron chi connectivity index (χ0n) is 7.13. The molecule has 0 unspecified atom stereocenters. The molecular weight excluding hydrogens is 178 g/mol. The number of allylic oxidation sites excluding steroid dienone is 1. The van der Waals surface area contributed by atoms with E-state index in [9.17, 15) is 4.79 Å². The van der Waals surface area contributed by atoms with Crippen molar-refractivity contribution < 1.29 is 9.53 Å². The molecule has 2 N–H and O–H groups in total. The van der Waals surface area contributed by atoms with E-state index in [-0.39, 0.29) is 18.4 Å². The van der Waals surface area contributed by atoms with Crippen molar-refractivity contribution in [3.63, 3.8) is 0 Å². The maximum absolute atomic E-state index is 11.1. The Morgan fingerprint density at radius 1 is 1.58 bits per heavy atom. The Morgan fingerprint density at radius 3 is 2.67 bits per heavy atom. The second-order valence-electron chi connectivity index (χ2n) is 2.58. The Kier molecular flexibility index (Phi) is 4.74. The number of esters is 1. The van der Waals surface area contributed by atoms with Gasteiger partial charge in [-0.1, -0.05) is 0 Å². The van der Waals surface area contributed by atoms with Gasteiger partial charge in [0.25, 0.3) is 0 Å². The summed E-state index contributed by atoms with van der Waals surface area (Å²) in [5.41, 5.74) is 6.99. The minimum Gasteiger partial charge on any atom is -0.463 e. The summed E-state index contributed by atoms with van der Waals surface area (Å²) in [6.45, 7) is 2.22. The third-order valence-electron chi connectivity index (χ3n) is 1.78. The van der Waals surface area contributed by atoms with Gasteiger partial charge in [-0.25, -0.2) is 4.79 Å². The van der Waals surface area contributed by atoms with Gasteiger partial charge in [-0.05, 0) is 26.2 Å². The molecule has 12 heavy (non-hydrogen) atoms. The number of halogens is 1. The van der Waals surface area contributed by atoms with E-state index in [1.165, 1.54) is 0 Å². The van der Waals surface area contributed by atoms with E-state index < -0.39 is 0 Å². The molecule has 3 nitrogen and oxygen atoms in total. The number of nitrogens with two attached hydrogens (primary N) is 1. The monoisotopic (exact) mass is 191 g/mol. The minimum atomic E-state index is -0.234. The summed E-state index contributed by atoms with van der Waals surface area (Å²) in [4.78, 5) is 11.1. The highest BCUT2D eigenvalue weighted by atomic mass is 35.5. The zero-order chi connectivity index (χ0) is 8.27. The van der Waals surface area contributed by atoms with Gasteiger partial charge in [-0.2, -0.15) is 0 Å². The van der Waals surface area contributed by atoms with Crippen LogP contribution in [0.2, 0.25) is 0 Å². The van der Waals surface area contributed by atoms with Crippen molar-refractivity contribution in [1.29, 1.82) is 0 Å². The Balaban J connectivity index is 0.00000121. The molecule has 0 aromatic carbocycles. The van der Waals surface area contributed by atoms with Gasteiger partial charge in [-0.15, -0.1) is 12.4 Å². The SMILES string of the molecule is CCOC(=O)C1=C(N)CCC1.Cl. The Morgan fingerprint density at radius 2 is 2.25 bits per heavy atom. The first kappa shape index (κ1) is 11.3. The molecule has 0 amide bonds. The van der Waals surface area contributed by atoms with Crippen LogP contribution in [0.25, 0.3) is 0 Å². The van der Waals surface area contributed by atoms with Gasteiger partial charge in [0.2, 0.25) is 0 Å². The molecule has 0 spiro atoms. The average molecular weight is 192 g/mol. The highest BCUT2D eigenvalue weighted by Crippen LogP contribution is 2.22. The smallest absolute Gasteiger partial charge is 0.335 e. The van der Waals surface area contributed by atoms with E-state index in [0.29, 0.717) is 17.9 Å². The molecule has 0 saturated carbocycles.